The Balaban J connectivity index is 1.73. The van der Waals surface area contributed by atoms with E-state index < -0.39 is 0 Å². The summed E-state index contributed by atoms with van der Waals surface area (Å²) in [5.41, 5.74) is 8.87. The predicted molar refractivity (Wildman–Crippen MR) is 71.4 cm³/mol. The fourth-order valence-electron chi connectivity index (χ4n) is 1.88. The third-order valence-electron chi connectivity index (χ3n) is 2.99. The van der Waals surface area contributed by atoms with Gasteiger partial charge in [-0.2, -0.15) is 0 Å². The van der Waals surface area contributed by atoms with Crippen LogP contribution >= 0.6 is 0 Å². The molecule has 2 aromatic heterocycles. The molecule has 18 heavy (non-hydrogen) atoms. The Morgan fingerprint density at radius 3 is 3.11 bits per heavy atom. The Bertz CT molecular complexity index is 594. The lowest BCUT2D eigenvalue weighted by molar-refractivity contribution is 0.874. The molecule has 3 rings (SSSR count). The number of nitrogens with one attached hydrogen (secondary N) is 1. The highest BCUT2D eigenvalue weighted by Crippen LogP contribution is 2.18. The van der Waals surface area contributed by atoms with E-state index in [0.717, 1.165) is 11.3 Å². The molecule has 1 aliphatic carbocycles. The molecule has 2 heterocycles. The Labute approximate surface area is 106 Å². The first-order chi connectivity index (χ1) is 8.70. The number of hydrogen-bond acceptors (Lipinski definition) is 2. The number of rotatable bonds is 3. The third-order valence-corrected chi connectivity index (χ3v) is 2.99. The summed E-state index contributed by atoms with van der Waals surface area (Å²) in [7, 11) is 0. The molecule has 0 aromatic carbocycles. The number of aromatic nitrogens is 2. The number of aliphatic imine (C=N–C) groups is 1. The largest absolute Gasteiger partial charge is 0.370 e. The molecule has 0 atom stereocenters. The summed E-state index contributed by atoms with van der Waals surface area (Å²) in [6.45, 7) is 2.58. The molecule has 0 aliphatic heterocycles. The van der Waals surface area contributed by atoms with Gasteiger partial charge in [0.1, 0.15) is 5.65 Å². The zero-order valence-electron chi connectivity index (χ0n) is 10.4. The van der Waals surface area contributed by atoms with Gasteiger partial charge in [0.05, 0.1) is 12.2 Å². The molecule has 0 amide bonds. The van der Waals surface area contributed by atoms with Crippen molar-refractivity contribution < 1.29 is 0 Å². The van der Waals surface area contributed by atoms with Crippen LogP contribution in [0, 0.1) is 6.92 Å². The van der Waals surface area contributed by atoms with Crippen molar-refractivity contribution in [1.82, 2.24) is 14.7 Å². The van der Waals surface area contributed by atoms with Crippen LogP contribution in [0.1, 0.15) is 24.1 Å². The Morgan fingerprint density at radius 2 is 2.33 bits per heavy atom. The maximum atomic E-state index is 5.79. The number of nitrogens with two attached hydrogens (primary N) is 1. The fourth-order valence-corrected chi connectivity index (χ4v) is 1.88. The van der Waals surface area contributed by atoms with Gasteiger partial charge in [0.25, 0.3) is 0 Å². The zero-order chi connectivity index (χ0) is 12.5. The number of hydrogen-bond donors (Lipinski definition) is 2. The van der Waals surface area contributed by atoms with Gasteiger partial charge in [0.2, 0.25) is 0 Å². The normalized spacial score (nSPS) is 16.2. The van der Waals surface area contributed by atoms with Crippen LogP contribution in [0.3, 0.4) is 0 Å². The number of pyridine rings is 1. The van der Waals surface area contributed by atoms with E-state index in [1.54, 1.807) is 0 Å². The highest BCUT2D eigenvalue weighted by Gasteiger charge is 2.21. The van der Waals surface area contributed by atoms with Crippen LogP contribution < -0.4 is 11.1 Å². The molecule has 1 aliphatic rings. The second-order valence-electron chi connectivity index (χ2n) is 4.82. The molecule has 2 aromatic rings. The van der Waals surface area contributed by atoms with Gasteiger partial charge in [0, 0.05) is 18.4 Å². The van der Waals surface area contributed by atoms with E-state index in [-0.39, 0.29) is 0 Å². The molecule has 0 unspecified atom stereocenters. The maximum Gasteiger partial charge on any atom is 0.189 e. The van der Waals surface area contributed by atoms with Gasteiger partial charge < -0.3 is 15.5 Å². The lowest BCUT2D eigenvalue weighted by Gasteiger charge is -2.01. The van der Waals surface area contributed by atoms with Crippen molar-refractivity contribution in [1.29, 1.82) is 0 Å². The van der Waals surface area contributed by atoms with Crippen molar-refractivity contribution in [3.8, 4) is 0 Å². The van der Waals surface area contributed by atoms with E-state index in [2.05, 4.69) is 34.5 Å². The van der Waals surface area contributed by atoms with Gasteiger partial charge in [0.15, 0.2) is 5.96 Å². The van der Waals surface area contributed by atoms with Crippen molar-refractivity contribution in [3.63, 3.8) is 0 Å². The minimum absolute atomic E-state index is 0.519. The number of guanidine groups is 1. The first-order valence-electron chi connectivity index (χ1n) is 6.21. The average molecular weight is 243 g/mol. The van der Waals surface area contributed by atoms with Crippen LogP contribution in [0.25, 0.3) is 5.65 Å². The van der Waals surface area contributed by atoms with Crippen LogP contribution in [-0.2, 0) is 6.54 Å². The molecule has 1 saturated carbocycles. The molecule has 1 fully saturated rings. The van der Waals surface area contributed by atoms with Crippen LogP contribution in [0.15, 0.2) is 29.5 Å². The summed E-state index contributed by atoms with van der Waals surface area (Å²) in [6, 6.07) is 4.60. The van der Waals surface area contributed by atoms with E-state index in [1.807, 2.05) is 16.7 Å². The van der Waals surface area contributed by atoms with Gasteiger partial charge >= 0.3 is 0 Å². The van der Waals surface area contributed by atoms with Crippen LogP contribution in [-0.4, -0.2) is 21.4 Å². The summed E-state index contributed by atoms with van der Waals surface area (Å²) < 4.78 is 2.02. The number of aryl methyl sites for hydroxylation is 1. The number of nitrogens with zero attached hydrogens (tertiary/aromatic N) is 3. The van der Waals surface area contributed by atoms with E-state index in [1.165, 1.54) is 18.4 Å². The first kappa shape index (κ1) is 11.1. The topological polar surface area (TPSA) is 67.7 Å². The van der Waals surface area contributed by atoms with Crippen molar-refractivity contribution in [2.24, 2.45) is 10.7 Å². The van der Waals surface area contributed by atoms with Crippen molar-refractivity contribution in [2.45, 2.75) is 32.4 Å². The average Bonchev–Trinajstić information content (AvgIpc) is 3.04. The molecule has 0 saturated heterocycles. The predicted octanol–water partition coefficient (Wildman–Crippen LogP) is 1.21. The molecule has 3 N–H and O–H groups in total. The summed E-state index contributed by atoms with van der Waals surface area (Å²) in [5, 5.41) is 3.16. The van der Waals surface area contributed by atoms with E-state index >= 15 is 0 Å². The van der Waals surface area contributed by atoms with Crippen molar-refractivity contribution in [2.75, 3.05) is 0 Å². The van der Waals surface area contributed by atoms with Gasteiger partial charge in [-0.05, 0) is 31.4 Å². The minimum atomic E-state index is 0.519. The summed E-state index contributed by atoms with van der Waals surface area (Å²) in [5.74, 6) is 0.519. The highest BCUT2D eigenvalue weighted by molar-refractivity contribution is 5.78. The standard InChI is InChI=1S/C13H17N5/c1-9-2-5-12-16-11(8-18(12)7-9)6-15-13(14)17-10-3-4-10/h2,5,7-8,10H,3-4,6H2,1H3,(H3,14,15,17). The fraction of sp³-hybridized carbons (Fsp3) is 0.385. The SMILES string of the molecule is Cc1ccc2nc(CN=C(N)NC3CC3)cn2c1. The van der Waals surface area contributed by atoms with Gasteiger partial charge in [-0.3, -0.25) is 0 Å². The molecule has 0 spiro atoms. The van der Waals surface area contributed by atoms with Crippen molar-refractivity contribution in [3.05, 3.63) is 35.8 Å². The molecule has 0 radical (unpaired) electrons. The molecule has 5 nitrogen and oxygen atoms in total. The summed E-state index contributed by atoms with van der Waals surface area (Å²) in [4.78, 5) is 8.79. The quantitative estimate of drug-likeness (QED) is 0.629. The summed E-state index contributed by atoms with van der Waals surface area (Å²) in [6.07, 6.45) is 6.45. The maximum absolute atomic E-state index is 5.79. The lowest BCUT2D eigenvalue weighted by atomic mass is 10.3. The van der Waals surface area contributed by atoms with Crippen LogP contribution in [0.2, 0.25) is 0 Å². The van der Waals surface area contributed by atoms with Gasteiger partial charge in [-0.15, -0.1) is 0 Å². The van der Waals surface area contributed by atoms with Gasteiger partial charge in [-0.1, -0.05) is 6.07 Å². The molecule has 5 heteroatoms. The second-order valence-corrected chi connectivity index (χ2v) is 4.82. The highest BCUT2D eigenvalue weighted by atomic mass is 15.1. The van der Waals surface area contributed by atoms with Gasteiger partial charge in [-0.25, -0.2) is 9.98 Å². The monoisotopic (exact) mass is 243 g/mol. The zero-order valence-corrected chi connectivity index (χ0v) is 10.4. The van der Waals surface area contributed by atoms with Crippen molar-refractivity contribution >= 4 is 11.6 Å². The van der Waals surface area contributed by atoms with E-state index in [9.17, 15) is 0 Å². The molecular weight excluding hydrogens is 226 g/mol. The minimum Gasteiger partial charge on any atom is -0.370 e. The Hall–Kier alpha value is -2.04. The molecule has 0 bridgehead atoms. The van der Waals surface area contributed by atoms with Crippen LogP contribution in [0.5, 0.6) is 0 Å². The smallest absolute Gasteiger partial charge is 0.189 e. The molecular formula is C13H17N5. The van der Waals surface area contributed by atoms with E-state index in [4.69, 9.17) is 5.73 Å². The number of fused-ring (bicyclic) bond motifs is 1. The second kappa shape index (κ2) is 4.33. The third kappa shape index (κ3) is 2.45. The van der Waals surface area contributed by atoms with Crippen LogP contribution in [0.4, 0.5) is 0 Å². The Morgan fingerprint density at radius 1 is 1.50 bits per heavy atom. The van der Waals surface area contributed by atoms with E-state index in [0.29, 0.717) is 18.5 Å². The number of imidazole rings is 1. The Kier molecular flexibility index (Phi) is 2.66. The molecule has 94 valence electrons. The summed E-state index contributed by atoms with van der Waals surface area (Å²) >= 11 is 0. The first-order valence-corrected chi connectivity index (χ1v) is 6.21. The lowest BCUT2D eigenvalue weighted by Crippen LogP contribution is -2.33.